The molecule has 9 heteroatoms. The quantitative estimate of drug-likeness (QED) is 0.256. The Balaban J connectivity index is 0.00000600. The standard InChI is InChI=1S/C37H47N5O4.CH4/c1-23-13-17-27(18-14-23)31(26-11-9-8-10-12-26)40-35(45)30-21-29(39-34(44)28-19-15-24(2)16-20-28)22-42(30)36(46)32(37(4,5)6)41-33(43)25(3)38-7;/h8-20,25,29-32,38H,21-22H2,1-7H3,(H,39,44)(H,40,45)(H,41,43);1H4/t25-,29-,30-,31+,32+;/m0./s1. The Morgan fingerprint density at radius 2 is 1.36 bits per heavy atom. The van der Waals surface area contributed by atoms with Gasteiger partial charge in [0, 0.05) is 18.2 Å². The van der Waals surface area contributed by atoms with Crippen LogP contribution in [0.15, 0.2) is 78.9 Å². The third kappa shape index (κ3) is 9.29. The molecule has 4 N–H and O–H groups in total. The van der Waals surface area contributed by atoms with Gasteiger partial charge in [-0.2, -0.15) is 0 Å². The molecule has 0 bridgehead atoms. The summed E-state index contributed by atoms with van der Waals surface area (Å²) in [6.07, 6.45) is 0.225. The van der Waals surface area contributed by atoms with Crippen LogP contribution in [0, 0.1) is 19.3 Å². The summed E-state index contributed by atoms with van der Waals surface area (Å²) in [4.78, 5) is 56.3. The van der Waals surface area contributed by atoms with Crippen LogP contribution < -0.4 is 21.3 Å². The first-order valence-corrected chi connectivity index (χ1v) is 15.9. The molecule has 0 unspecified atom stereocenters. The SMILES string of the molecule is C.CN[C@@H](C)C(=O)N[C@H](C(=O)N1C[C@@H](NC(=O)c2ccc(C)cc2)C[C@H]1C(=O)N[C@H](c1ccccc1)c1ccc(C)cc1)C(C)(C)C. The molecular formula is C38H51N5O4. The van der Waals surface area contributed by atoms with Crippen molar-refractivity contribution in [3.63, 3.8) is 0 Å². The lowest BCUT2D eigenvalue weighted by Crippen LogP contribution is -2.59. The molecule has 9 nitrogen and oxygen atoms in total. The molecule has 0 saturated carbocycles. The van der Waals surface area contributed by atoms with Crippen LogP contribution in [0.1, 0.15) is 80.2 Å². The van der Waals surface area contributed by atoms with Gasteiger partial charge in [-0.3, -0.25) is 19.2 Å². The molecule has 1 aliphatic heterocycles. The number of nitrogens with one attached hydrogen (secondary N) is 4. The lowest BCUT2D eigenvalue weighted by Gasteiger charge is -2.36. The first-order valence-electron chi connectivity index (χ1n) is 15.9. The zero-order chi connectivity index (χ0) is 33.6. The van der Waals surface area contributed by atoms with Crippen molar-refractivity contribution in [3.05, 3.63) is 107 Å². The van der Waals surface area contributed by atoms with E-state index in [1.54, 1.807) is 26.1 Å². The monoisotopic (exact) mass is 641 g/mol. The third-order valence-corrected chi connectivity index (χ3v) is 8.59. The van der Waals surface area contributed by atoms with Crippen molar-refractivity contribution in [2.24, 2.45) is 5.41 Å². The van der Waals surface area contributed by atoms with Crippen LogP contribution in [-0.4, -0.2) is 66.3 Å². The van der Waals surface area contributed by atoms with Crippen LogP contribution in [0.25, 0.3) is 0 Å². The average Bonchev–Trinajstić information content (AvgIpc) is 3.46. The van der Waals surface area contributed by atoms with E-state index in [0.717, 1.165) is 22.3 Å². The van der Waals surface area contributed by atoms with Crippen LogP contribution in [0.5, 0.6) is 0 Å². The van der Waals surface area contributed by atoms with Gasteiger partial charge >= 0.3 is 0 Å². The van der Waals surface area contributed by atoms with E-state index in [1.165, 1.54) is 4.90 Å². The molecule has 1 aliphatic rings. The molecule has 0 radical (unpaired) electrons. The van der Waals surface area contributed by atoms with Crippen molar-refractivity contribution >= 4 is 23.6 Å². The van der Waals surface area contributed by atoms with Gasteiger partial charge in [-0.25, -0.2) is 0 Å². The topological polar surface area (TPSA) is 120 Å². The fraction of sp³-hybridized carbons (Fsp3) is 0.421. The van der Waals surface area contributed by atoms with E-state index in [4.69, 9.17) is 0 Å². The number of rotatable bonds is 10. The summed E-state index contributed by atoms with van der Waals surface area (Å²) in [6.45, 7) is 11.4. The van der Waals surface area contributed by atoms with E-state index in [2.05, 4.69) is 21.3 Å². The number of benzene rings is 3. The van der Waals surface area contributed by atoms with Crippen molar-refractivity contribution in [2.45, 2.75) is 85.6 Å². The molecule has 252 valence electrons. The number of nitrogens with zero attached hydrogens (tertiary/aromatic N) is 1. The highest BCUT2D eigenvalue weighted by Crippen LogP contribution is 2.28. The molecule has 5 atom stereocenters. The Bertz CT molecular complexity index is 1520. The smallest absolute Gasteiger partial charge is 0.251 e. The van der Waals surface area contributed by atoms with Crippen LogP contribution in [0.4, 0.5) is 0 Å². The Morgan fingerprint density at radius 3 is 1.91 bits per heavy atom. The van der Waals surface area contributed by atoms with Crippen molar-refractivity contribution in [2.75, 3.05) is 13.6 Å². The second kappa shape index (κ2) is 15.9. The second-order valence-electron chi connectivity index (χ2n) is 13.4. The van der Waals surface area contributed by atoms with Crippen LogP contribution >= 0.6 is 0 Å². The molecule has 4 rings (SSSR count). The molecule has 4 amide bonds. The first kappa shape index (κ1) is 37.0. The lowest BCUT2D eigenvalue weighted by molar-refractivity contribution is -0.144. The number of carbonyl (C=O) groups excluding carboxylic acids is 4. The number of amides is 4. The average molecular weight is 642 g/mol. The summed E-state index contributed by atoms with van der Waals surface area (Å²) in [5.41, 5.74) is 3.80. The van der Waals surface area contributed by atoms with Gasteiger partial charge in [0.1, 0.15) is 12.1 Å². The van der Waals surface area contributed by atoms with Gasteiger partial charge in [-0.15, -0.1) is 0 Å². The highest BCUT2D eigenvalue weighted by molar-refractivity contribution is 5.96. The highest BCUT2D eigenvalue weighted by atomic mass is 16.2. The van der Waals surface area contributed by atoms with Gasteiger partial charge in [0.05, 0.1) is 12.1 Å². The third-order valence-electron chi connectivity index (χ3n) is 8.59. The molecular weight excluding hydrogens is 590 g/mol. The highest BCUT2D eigenvalue weighted by Gasteiger charge is 2.46. The largest absolute Gasteiger partial charge is 0.347 e. The van der Waals surface area contributed by atoms with E-state index in [0.29, 0.717) is 5.56 Å². The molecule has 0 aromatic heterocycles. The normalized spacial score (nSPS) is 17.9. The van der Waals surface area contributed by atoms with E-state index < -0.39 is 35.6 Å². The van der Waals surface area contributed by atoms with E-state index in [-0.39, 0.29) is 44.0 Å². The summed E-state index contributed by atoms with van der Waals surface area (Å²) in [5, 5.41) is 12.1. The number of aryl methyl sites for hydroxylation is 2. The molecule has 1 saturated heterocycles. The van der Waals surface area contributed by atoms with Gasteiger partial charge < -0.3 is 26.2 Å². The molecule has 1 heterocycles. The maximum Gasteiger partial charge on any atom is 0.251 e. The van der Waals surface area contributed by atoms with Gasteiger partial charge in [0.15, 0.2) is 0 Å². The number of likely N-dealkylation sites (tertiary alicyclic amines) is 1. The number of hydrogen-bond acceptors (Lipinski definition) is 5. The number of carbonyl (C=O) groups is 4. The Hall–Kier alpha value is -4.50. The summed E-state index contributed by atoms with van der Waals surface area (Å²) < 4.78 is 0. The zero-order valence-electron chi connectivity index (χ0n) is 27.9. The van der Waals surface area contributed by atoms with Gasteiger partial charge in [0.25, 0.3) is 5.91 Å². The first-order chi connectivity index (χ1) is 21.8. The van der Waals surface area contributed by atoms with Gasteiger partial charge in [-0.1, -0.05) is 106 Å². The zero-order valence-corrected chi connectivity index (χ0v) is 27.9. The minimum Gasteiger partial charge on any atom is -0.347 e. The lowest BCUT2D eigenvalue weighted by atomic mass is 9.85. The predicted octanol–water partition coefficient (Wildman–Crippen LogP) is 4.68. The summed E-state index contributed by atoms with van der Waals surface area (Å²) in [7, 11) is 1.68. The van der Waals surface area contributed by atoms with Crippen molar-refractivity contribution in [1.82, 2.24) is 26.2 Å². The van der Waals surface area contributed by atoms with Gasteiger partial charge in [-0.05, 0) is 62.9 Å². The van der Waals surface area contributed by atoms with E-state index in [9.17, 15) is 19.2 Å². The number of hydrogen-bond donors (Lipinski definition) is 4. The summed E-state index contributed by atoms with van der Waals surface area (Å²) in [6, 6.07) is 21.7. The fourth-order valence-corrected chi connectivity index (χ4v) is 5.62. The maximum absolute atomic E-state index is 14.4. The van der Waals surface area contributed by atoms with Crippen molar-refractivity contribution < 1.29 is 19.2 Å². The van der Waals surface area contributed by atoms with Crippen LogP contribution in [0.3, 0.4) is 0 Å². The Morgan fingerprint density at radius 1 is 0.809 bits per heavy atom. The molecule has 47 heavy (non-hydrogen) atoms. The van der Waals surface area contributed by atoms with Crippen molar-refractivity contribution in [1.29, 1.82) is 0 Å². The van der Waals surface area contributed by atoms with Gasteiger partial charge in [0.2, 0.25) is 17.7 Å². The number of likely N-dealkylation sites (N-methyl/N-ethyl adjacent to an activating group) is 1. The Labute approximate surface area is 279 Å². The molecule has 1 fully saturated rings. The van der Waals surface area contributed by atoms with Crippen LogP contribution in [0.2, 0.25) is 0 Å². The predicted molar refractivity (Wildman–Crippen MR) is 187 cm³/mol. The Kier molecular flexibility index (Phi) is 12.5. The van der Waals surface area contributed by atoms with Crippen LogP contribution in [-0.2, 0) is 14.4 Å². The second-order valence-corrected chi connectivity index (χ2v) is 13.4. The fourth-order valence-electron chi connectivity index (χ4n) is 5.62. The maximum atomic E-state index is 14.4. The molecule has 3 aromatic rings. The minimum absolute atomic E-state index is 0. The molecule has 0 spiro atoms. The molecule has 3 aromatic carbocycles. The minimum atomic E-state index is -0.903. The van der Waals surface area contributed by atoms with E-state index >= 15 is 0 Å². The summed E-state index contributed by atoms with van der Waals surface area (Å²) in [5.74, 6) is -1.30. The van der Waals surface area contributed by atoms with E-state index in [1.807, 2.05) is 101 Å². The summed E-state index contributed by atoms with van der Waals surface area (Å²) >= 11 is 0. The van der Waals surface area contributed by atoms with Crippen molar-refractivity contribution in [3.8, 4) is 0 Å². The molecule has 0 aliphatic carbocycles.